The summed E-state index contributed by atoms with van der Waals surface area (Å²) in [4.78, 5) is 24.0. The zero-order valence-corrected chi connectivity index (χ0v) is 13.6. The number of nitrogens with two attached hydrogens (primary N) is 2. The fourth-order valence-electron chi connectivity index (χ4n) is 2.81. The fraction of sp³-hybridized carbons (Fsp3) is 0.267. The van der Waals surface area contributed by atoms with Crippen LogP contribution in [0.2, 0.25) is 0 Å². The topological polar surface area (TPSA) is 123 Å². The SMILES string of the molecule is NC(=O)c1sc2nc(N3CCNCC3)nc(-c3ccoc3)c2c1N. The van der Waals surface area contributed by atoms with Crippen molar-refractivity contribution in [2.45, 2.75) is 0 Å². The first kappa shape index (κ1) is 14.9. The molecule has 8 nitrogen and oxygen atoms in total. The van der Waals surface area contributed by atoms with E-state index in [0.717, 1.165) is 31.7 Å². The summed E-state index contributed by atoms with van der Waals surface area (Å²) in [5, 5.41) is 3.95. The van der Waals surface area contributed by atoms with Gasteiger partial charge in [0.1, 0.15) is 9.71 Å². The number of amides is 1. The van der Waals surface area contributed by atoms with Gasteiger partial charge in [-0.2, -0.15) is 0 Å². The number of nitrogens with one attached hydrogen (secondary N) is 1. The van der Waals surface area contributed by atoms with E-state index in [9.17, 15) is 4.79 Å². The van der Waals surface area contributed by atoms with Crippen LogP contribution in [0.25, 0.3) is 21.5 Å². The van der Waals surface area contributed by atoms with Crippen molar-refractivity contribution in [3.8, 4) is 11.3 Å². The van der Waals surface area contributed by atoms with E-state index in [1.165, 1.54) is 11.3 Å². The highest BCUT2D eigenvalue weighted by molar-refractivity contribution is 7.21. The Hall–Kier alpha value is -2.65. The van der Waals surface area contributed by atoms with Gasteiger partial charge in [-0.15, -0.1) is 11.3 Å². The van der Waals surface area contributed by atoms with Gasteiger partial charge in [0.25, 0.3) is 5.91 Å². The van der Waals surface area contributed by atoms with E-state index in [1.807, 2.05) is 6.07 Å². The molecular formula is C15H16N6O2S. The summed E-state index contributed by atoms with van der Waals surface area (Å²) in [5.41, 5.74) is 13.4. The Morgan fingerprint density at radius 3 is 2.79 bits per heavy atom. The number of primary amides is 1. The molecule has 3 aromatic rings. The number of aromatic nitrogens is 2. The minimum Gasteiger partial charge on any atom is -0.472 e. The number of fused-ring (bicyclic) bond motifs is 1. The van der Waals surface area contributed by atoms with Crippen LogP contribution in [0.4, 0.5) is 11.6 Å². The van der Waals surface area contributed by atoms with Crippen LogP contribution in [0.3, 0.4) is 0 Å². The number of thiophene rings is 1. The molecule has 0 atom stereocenters. The van der Waals surface area contributed by atoms with Crippen molar-refractivity contribution in [2.75, 3.05) is 36.8 Å². The van der Waals surface area contributed by atoms with Gasteiger partial charge in [-0.3, -0.25) is 4.79 Å². The van der Waals surface area contributed by atoms with Crippen molar-refractivity contribution >= 4 is 39.1 Å². The number of nitrogen functional groups attached to an aromatic ring is 1. The molecule has 124 valence electrons. The highest BCUT2D eigenvalue weighted by Gasteiger charge is 2.23. The highest BCUT2D eigenvalue weighted by atomic mass is 32.1. The molecule has 9 heteroatoms. The van der Waals surface area contributed by atoms with E-state index in [1.54, 1.807) is 12.5 Å². The molecular weight excluding hydrogens is 328 g/mol. The second-order valence-electron chi connectivity index (χ2n) is 5.51. The van der Waals surface area contributed by atoms with E-state index >= 15 is 0 Å². The standard InChI is InChI=1S/C15H16N6O2S/c16-10-9-11(8-1-6-23-7-8)19-15(21-4-2-18-3-5-21)20-14(9)24-12(10)13(17)22/h1,6-7,18H,2-5,16H2,(H2,17,22). The molecule has 1 amide bonds. The Kier molecular flexibility index (Phi) is 3.58. The van der Waals surface area contributed by atoms with Gasteiger partial charge in [0.05, 0.1) is 29.3 Å². The van der Waals surface area contributed by atoms with Crippen LogP contribution < -0.4 is 21.7 Å². The molecule has 4 rings (SSSR count). The molecule has 1 aliphatic rings. The molecule has 0 saturated carbocycles. The van der Waals surface area contributed by atoms with Gasteiger partial charge < -0.3 is 26.1 Å². The molecule has 24 heavy (non-hydrogen) atoms. The number of hydrogen-bond donors (Lipinski definition) is 3. The summed E-state index contributed by atoms with van der Waals surface area (Å²) in [6.45, 7) is 3.39. The number of piperazine rings is 1. The quantitative estimate of drug-likeness (QED) is 0.648. The molecule has 0 unspecified atom stereocenters. The zero-order valence-electron chi connectivity index (χ0n) is 12.8. The number of rotatable bonds is 3. The van der Waals surface area contributed by atoms with Crippen LogP contribution in [0.5, 0.6) is 0 Å². The van der Waals surface area contributed by atoms with Gasteiger partial charge in [0.2, 0.25) is 5.95 Å². The third-order valence-corrected chi connectivity index (χ3v) is 5.11. The maximum absolute atomic E-state index is 11.6. The maximum Gasteiger partial charge on any atom is 0.260 e. The summed E-state index contributed by atoms with van der Waals surface area (Å²) in [7, 11) is 0. The first-order valence-corrected chi connectivity index (χ1v) is 8.35. The van der Waals surface area contributed by atoms with Crippen LogP contribution in [0.15, 0.2) is 23.0 Å². The van der Waals surface area contributed by atoms with E-state index in [4.69, 9.17) is 20.9 Å². The van der Waals surface area contributed by atoms with Crippen molar-refractivity contribution in [1.82, 2.24) is 15.3 Å². The predicted octanol–water partition coefficient (Wildman–Crippen LogP) is 1.04. The van der Waals surface area contributed by atoms with Crippen molar-refractivity contribution in [2.24, 2.45) is 5.73 Å². The van der Waals surface area contributed by atoms with Gasteiger partial charge >= 0.3 is 0 Å². The lowest BCUT2D eigenvalue weighted by atomic mass is 10.1. The summed E-state index contributed by atoms with van der Waals surface area (Å²) >= 11 is 1.20. The Balaban J connectivity index is 1.95. The number of nitrogens with zero attached hydrogens (tertiary/aromatic N) is 3. The van der Waals surface area contributed by atoms with Crippen LogP contribution in [-0.2, 0) is 0 Å². The Labute approximate surface area is 141 Å². The fourth-order valence-corrected chi connectivity index (χ4v) is 3.75. The van der Waals surface area contributed by atoms with Gasteiger partial charge in [0, 0.05) is 31.7 Å². The summed E-state index contributed by atoms with van der Waals surface area (Å²) in [6, 6.07) is 1.81. The van der Waals surface area contributed by atoms with Gasteiger partial charge in [-0.05, 0) is 6.07 Å². The summed E-state index contributed by atoms with van der Waals surface area (Å²) in [5.74, 6) is 0.0647. The second kappa shape index (κ2) is 5.77. The molecule has 0 aromatic carbocycles. The first-order chi connectivity index (χ1) is 11.6. The Bertz CT molecular complexity index is 898. The normalized spacial score (nSPS) is 15.1. The smallest absolute Gasteiger partial charge is 0.260 e. The van der Waals surface area contributed by atoms with Gasteiger partial charge in [-0.25, -0.2) is 9.97 Å². The Morgan fingerprint density at radius 2 is 2.12 bits per heavy atom. The highest BCUT2D eigenvalue weighted by Crippen LogP contribution is 2.39. The molecule has 0 radical (unpaired) electrons. The third-order valence-electron chi connectivity index (χ3n) is 3.99. The average Bonchev–Trinajstić information content (AvgIpc) is 3.23. The summed E-state index contributed by atoms with van der Waals surface area (Å²) in [6.07, 6.45) is 3.18. The van der Waals surface area contributed by atoms with E-state index in [-0.39, 0.29) is 0 Å². The molecule has 1 saturated heterocycles. The lowest BCUT2D eigenvalue weighted by molar-refractivity contribution is 0.100. The van der Waals surface area contributed by atoms with E-state index < -0.39 is 5.91 Å². The minimum atomic E-state index is -0.558. The number of hydrogen-bond acceptors (Lipinski definition) is 8. The molecule has 4 heterocycles. The zero-order chi connectivity index (χ0) is 16.7. The van der Waals surface area contributed by atoms with Gasteiger partial charge in [0.15, 0.2) is 0 Å². The van der Waals surface area contributed by atoms with Crippen molar-refractivity contribution in [1.29, 1.82) is 0 Å². The largest absolute Gasteiger partial charge is 0.472 e. The third kappa shape index (κ3) is 2.38. The molecule has 0 aliphatic carbocycles. The molecule has 1 fully saturated rings. The molecule has 5 N–H and O–H groups in total. The number of carbonyl (C=O) groups is 1. The van der Waals surface area contributed by atoms with E-state index in [2.05, 4.69) is 15.2 Å². The summed E-state index contributed by atoms with van der Waals surface area (Å²) < 4.78 is 5.18. The van der Waals surface area contributed by atoms with Crippen LogP contribution in [0, 0.1) is 0 Å². The second-order valence-corrected chi connectivity index (χ2v) is 6.51. The average molecular weight is 344 g/mol. The van der Waals surface area contributed by atoms with Crippen molar-refractivity contribution in [3.05, 3.63) is 23.5 Å². The molecule has 0 spiro atoms. The lowest BCUT2D eigenvalue weighted by Gasteiger charge is -2.27. The number of furan rings is 1. The number of carbonyl (C=O) groups excluding carboxylic acids is 1. The van der Waals surface area contributed by atoms with E-state index in [0.29, 0.717) is 32.4 Å². The van der Waals surface area contributed by atoms with Crippen molar-refractivity contribution < 1.29 is 9.21 Å². The molecule has 0 bridgehead atoms. The molecule has 1 aliphatic heterocycles. The lowest BCUT2D eigenvalue weighted by Crippen LogP contribution is -2.44. The van der Waals surface area contributed by atoms with Crippen LogP contribution in [-0.4, -0.2) is 42.1 Å². The first-order valence-electron chi connectivity index (χ1n) is 7.53. The van der Waals surface area contributed by atoms with Crippen LogP contribution >= 0.6 is 11.3 Å². The molecule has 3 aromatic heterocycles. The maximum atomic E-state index is 11.6. The monoisotopic (exact) mass is 344 g/mol. The Morgan fingerprint density at radius 1 is 1.33 bits per heavy atom. The van der Waals surface area contributed by atoms with Gasteiger partial charge in [-0.1, -0.05) is 0 Å². The minimum absolute atomic E-state index is 0.307. The van der Waals surface area contributed by atoms with Crippen molar-refractivity contribution in [3.63, 3.8) is 0 Å². The predicted molar refractivity (Wildman–Crippen MR) is 93.1 cm³/mol. The number of anilines is 2. The van der Waals surface area contributed by atoms with Crippen LogP contribution in [0.1, 0.15) is 9.67 Å².